The summed E-state index contributed by atoms with van der Waals surface area (Å²) >= 11 is 0. The number of aliphatic hydroxyl groups is 2. The summed E-state index contributed by atoms with van der Waals surface area (Å²) in [6, 6.07) is 0. The van der Waals surface area contributed by atoms with Crippen molar-refractivity contribution in [2.24, 2.45) is 7.05 Å². The first-order valence-corrected chi connectivity index (χ1v) is 10.8. The Kier molecular flexibility index (Phi) is 7.29. The van der Waals surface area contributed by atoms with Gasteiger partial charge in [-0.15, -0.1) is 0 Å². The predicted molar refractivity (Wildman–Crippen MR) is 92.9 cm³/mol. The quantitative estimate of drug-likeness (QED) is 0.140. The molecular formula is C11H20N5O11P2+. The topological polar surface area (TPSA) is 244 Å². The maximum Gasteiger partial charge on any atom is 0.481 e. The predicted octanol–water partition coefficient (Wildman–Crippen LogP) is -2.77. The third-order valence-corrected chi connectivity index (χ3v) is 5.59. The zero-order valence-electron chi connectivity index (χ0n) is 14.9. The number of nitrogens with two attached hydrogens (primary N) is 1. The highest BCUT2D eigenvalue weighted by Crippen LogP contribution is 2.57. The third kappa shape index (κ3) is 6.13. The van der Waals surface area contributed by atoms with E-state index >= 15 is 0 Å². The number of fused-ring (bicyclic) bond motifs is 1. The van der Waals surface area contributed by atoms with Crippen molar-refractivity contribution in [3.63, 3.8) is 0 Å². The molecule has 2 rings (SSSR count). The van der Waals surface area contributed by atoms with Gasteiger partial charge < -0.3 is 35.4 Å². The molecule has 8 N–H and O–H groups in total. The fourth-order valence-electron chi connectivity index (χ4n) is 2.37. The number of nitrogen functional groups attached to an aromatic ring is 1. The zero-order valence-corrected chi connectivity index (χ0v) is 16.6. The molecule has 0 saturated heterocycles. The third-order valence-electron chi connectivity index (χ3n) is 3.44. The Bertz CT molecular complexity index is 1020. The molecule has 0 aromatic carbocycles. The van der Waals surface area contributed by atoms with Gasteiger partial charge in [0.1, 0.15) is 12.7 Å². The van der Waals surface area contributed by atoms with Crippen LogP contribution in [0.2, 0.25) is 0 Å². The fraction of sp³-hybridized carbons (Fsp3) is 0.545. The van der Waals surface area contributed by atoms with Gasteiger partial charge in [-0.2, -0.15) is 4.31 Å². The lowest BCUT2D eigenvalue weighted by atomic mass is 10.4. The average molecular weight is 460 g/mol. The number of aromatic nitrogens is 4. The number of ether oxygens (including phenoxy) is 1. The maximum absolute atomic E-state index is 12.0. The van der Waals surface area contributed by atoms with E-state index in [4.69, 9.17) is 20.3 Å². The van der Waals surface area contributed by atoms with Crippen LogP contribution in [0.4, 0.5) is 5.95 Å². The molecule has 16 nitrogen and oxygen atoms in total. The smallest absolute Gasteiger partial charge is 0.394 e. The Morgan fingerprint density at radius 1 is 1.31 bits per heavy atom. The van der Waals surface area contributed by atoms with E-state index < -0.39 is 53.4 Å². The van der Waals surface area contributed by atoms with Crippen molar-refractivity contribution in [2.75, 3.05) is 25.6 Å². The molecule has 2 aromatic rings. The van der Waals surface area contributed by atoms with Crippen molar-refractivity contribution in [3.8, 4) is 0 Å². The molecule has 18 heteroatoms. The highest BCUT2D eigenvalue weighted by molar-refractivity contribution is 7.60. The highest BCUT2D eigenvalue weighted by Gasteiger charge is 2.34. The van der Waals surface area contributed by atoms with E-state index in [-0.39, 0.29) is 17.1 Å². The number of nitrogens with zero attached hydrogens (tertiary/aromatic N) is 3. The fourth-order valence-corrected chi connectivity index (χ4v) is 3.99. The van der Waals surface area contributed by atoms with E-state index in [1.54, 1.807) is 0 Å². The Labute approximate surface area is 162 Å². The Morgan fingerprint density at radius 2 is 1.97 bits per heavy atom. The van der Waals surface area contributed by atoms with Crippen molar-refractivity contribution >= 4 is 32.8 Å². The summed E-state index contributed by atoms with van der Waals surface area (Å²) in [5.41, 5.74) is 5.13. The van der Waals surface area contributed by atoms with Gasteiger partial charge in [-0.1, -0.05) is 4.98 Å². The number of aryl methyl sites for hydroxylation is 1. The van der Waals surface area contributed by atoms with Crippen LogP contribution in [0.1, 0.15) is 6.23 Å². The van der Waals surface area contributed by atoms with Crippen LogP contribution in [-0.4, -0.2) is 65.4 Å². The van der Waals surface area contributed by atoms with Gasteiger partial charge in [-0.05, 0) is 0 Å². The first-order chi connectivity index (χ1) is 13.4. The second-order valence-electron chi connectivity index (χ2n) is 5.67. The van der Waals surface area contributed by atoms with Crippen LogP contribution in [0.15, 0.2) is 11.1 Å². The largest absolute Gasteiger partial charge is 0.481 e. The molecule has 0 spiro atoms. The number of rotatable bonds is 10. The summed E-state index contributed by atoms with van der Waals surface area (Å²) in [6.45, 7) is -2.28. The summed E-state index contributed by atoms with van der Waals surface area (Å²) < 4.78 is 38.2. The molecule has 2 aromatic heterocycles. The molecule has 0 bridgehead atoms. The van der Waals surface area contributed by atoms with Gasteiger partial charge in [0.2, 0.25) is 11.7 Å². The standard InChI is InChI=1S/C11H19N5O11P2/c1-15-5-16(9-8(15)10(19)14-11(12)13-9)7(3-18)26-6(2-17)4-25-29(23,24)27-28(20,21)22/h5-7,17-18H,2-4H2,1H3,(H5-,12,13,14,19,20,21,22,23,24)/p+1/t6-,7+/m0/s1. The molecule has 3 atom stereocenters. The molecule has 0 aliphatic carbocycles. The molecule has 0 radical (unpaired) electrons. The molecule has 29 heavy (non-hydrogen) atoms. The van der Waals surface area contributed by atoms with Gasteiger partial charge in [-0.25, -0.2) is 13.7 Å². The first-order valence-electron chi connectivity index (χ1n) is 7.74. The molecule has 164 valence electrons. The Morgan fingerprint density at radius 3 is 2.52 bits per heavy atom. The molecule has 0 aliphatic heterocycles. The Hall–Kier alpha value is -1.71. The number of nitrogens with one attached hydrogen (secondary N) is 1. The minimum atomic E-state index is -5.31. The van der Waals surface area contributed by atoms with E-state index in [0.717, 1.165) is 0 Å². The average Bonchev–Trinajstić information content (AvgIpc) is 2.89. The number of phosphoric ester groups is 1. The minimum Gasteiger partial charge on any atom is -0.394 e. The van der Waals surface area contributed by atoms with Crippen LogP contribution in [0.25, 0.3) is 11.2 Å². The van der Waals surface area contributed by atoms with Crippen LogP contribution in [0.3, 0.4) is 0 Å². The lowest BCUT2D eigenvalue weighted by Crippen LogP contribution is -2.46. The van der Waals surface area contributed by atoms with E-state index in [1.807, 2.05) is 0 Å². The lowest BCUT2D eigenvalue weighted by Gasteiger charge is -2.21. The molecule has 1 unspecified atom stereocenters. The summed E-state index contributed by atoms with van der Waals surface area (Å²) in [7, 11) is -8.94. The van der Waals surface area contributed by atoms with E-state index in [2.05, 4.69) is 18.8 Å². The molecule has 0 fully saturated rings. The summed E-state index contributed by atoms with van der Waals surface area (Å²) in [4.78, 5) is 44.7. The van der Waals surface area contributed by atoms with E-state index in [1.165, 1.54) is 22.5 Å². The number of aliphatic hydroxyl groups excluding tert-OH is 2. The van der Waals surface area contributed by atoms with Gasteiger partial charge >= 0.3 is 21.3 Å². The normalized spacial score (nSPS) is 16.6. The summed E-state index contributed by atoms with van der Waals surface area (Å²) in [6.07, 6.45) is -1.22. The highest BCUT2D eigenvalue weighted by atomic mass is 31.3. The van der Waals surface area contributed by atoms with E-state index in [0.29, 0.717) is 0 Å². The molecule has 0 aliphatic rings. The van der Waals surface area contributed by atoms with Crippen LogP contribution in [0.5, 0.6) is 0 Å². The second kappa shape index (κ2) is 8.97. The summed E-state index contributed by atoms with van der Waals surface area (Å²) in [5, 5.41) is 19.1. The number of hydrogen-bond donors (Lipinski definition) is 7. The summed E-state index contributed by atoms with van der Waals surface area (Å²) in [5.74, 6) is -0.197. The van der Waals surface area contributed by atoms with Crippen LogP contribution in [-0.2, 0) is 29.7 Å². The van der Waals surface area contributed by atoms with Crippen molar-refractivity contribution in [2.45, 2.75) is 12.3 Å². The minimum absolute atomic E-state index is 0.0445. The molecular weight excluding hydrogens is 440 g/mol. The van der Waals surface area contributed by atoms with Gasteiger partial charge in [0, 0.05) is 0 Å². The van der Waals surface area contributed by atoms with Crippen molar-refractivity contribution in [3.05, 3.63) is 16.7 Å². The van der Waals surface area contributed by atoms with Crippen LogP contribution in [0, 0.1) is 0 Å². The maximum atomic E-state index is 12.0. The van der Waals surface area contributed by atoms with Gasteiger partial charge in [0.25, 0.3) is 11.5 Å². The Balaban J connectivity index is 2.22. The molecule has 0 amide bonds. The molecule has 2 heterocycles. The van der Waals surface area contributed by atoms with E-state index in [9.17, 15) is 29.0 Å². The zero-order chi connectivity index (χ0) is 22.0. The van der Waals surface area contributed by atoms with Crippen molar-refractivity contribution in [1.82, 2.24) is 14.5 Å². The van der Waals surface area contributed by atoms with Crippen molar-refractivity contribution in [1.29, 1.82) is 0 Å². The number of aromatic amines is 1. The van der Waals surface area contributed by atoms with Gasteiger partial charge in [0.15, 0.2) is 6.33 Å². The number of anilines is 1. The molecule has 0 saturated carbocycles. The number of H-pyrrole nitrogens is 1. The number of imidazole rings is 1. The second-order valence-corrected chi connectivity index (χ2v) is 8.50. The monoisotopic (exact) mass is 460 g/mol. The lowest BCUT2D eigenvalue weighted by molar-refractivity contribution is -0.746. The van der Waals surface area contributed by atoms with Gasteiger partial charge in [-0.3, -0.25) is 18.9 Å². The van der Waals surface area contributed by atoms with Crippen molar-refractivity contribution < 1.29 is 52.2 Å². The van der Waals surface area contributed by atoms with Crippen LogP contribution < -0.4 is 15.9 Å². The van der Waals surface area contributed by atoms with Crippen LogP contribution >= 0.6 is 15.6 Å². The first kappa shape index (κ1) is 23.6. The SMILES string of the molecule is Cn1c[n+]([C@@H](CO)O[C@@H](CO)COP(=O)(O)OP(=O)(O)O)c2nc(N)[nH]c(=O)c21. The van der Waals surface area contributed by atoms with Gasteiger partial charge in [0.05, 0.1) is 20.3 Å². The number of hydrogen-bond acceptors (Lipinski definition) is 10. The number of phosphoric acid groups is 2.